The molecule has 8 heteroatoms. The molecule has 1 aromatic heterocycles. The highest BCUT2D eigenvalue weighted by Gasteiger charge is 2.12. The molecule has 0 amide bonds. The van der Waals surface area contributed by atoms with Crippen molar-refractivity contribution in [2.75, 3.05) is 6.61 Å². The Morgan fingerprint density at radius 1 is 1.43 bits per heavy atom. The Balaban J connectivity index is 2.58. The average molecular weight is 308 g/mol. The van der Waals surface area contributed by atoms with E-state index < -0.39 is 17.5 Å². The number of carbonyl (C=O) groups excluding carboxylic acids is 1. The van der Waals surface area contributed by atoms with Crippen molar-refractivity contribution in [2.45, 2.75) is 13.5 Å². The summed E-state index contributed by atoms with van der Waals surface area (Å²) in [5, 5.41) is 9.18. The second-order valence-electron chi connectivity index (χ2n) is 4.19. The number of carboxylic acid groups (broad SMARTS) is 1. The molecule has 2 rings (SSSR count). The number of nitrogens with zero attached hydrogens (tertiary/aromatic N) is 1. The van der Waals surface area contributed by atoms with Crippen LogP contribution in [0.1, 0.15) is 17.3 Å². The van der Waals surface area contributed by atoms with Crippen molar-refractivity contribution in [3.05, 3.63) is 38.9 Å². The number of ether oxygens (including phenoxy) is 1. The molecule has 7 nitrogen and oxygen atoms in total. The van der Waals surface area contributed by atoms with Crippen molar-refractivity contribution in [1.29, 1.82) is 0 Å². The predicted octanol–water partition coefficient (Wildman–Crippen LogP) is 1.32. The molecule has 0 bridgehead atoms. The highest BCUT2D eigenvalue weighted by atomic mass is 32.1. The van der Waals surface area contributed by atoms with E-state index in [0.29, 0.717) is 5.52 Å². The van der Waals surface area contributed by atoms with E-state index in [1.165, 1.54) is 18.2 Å². The van der Waals surface area contributed by atoms with Gasteiger partial charge in [-0.05, 0) is 37.3 Å². The van der Waals surface area contributed by atoms with E-state index in [2.05, 4.69) is 4.98 Å². The van der Waals surface area contributed by atoms with Crippen LogP contribution in [0, 0.1) is 4.77 Å². The summed E-state index contributed by atoms with van der Waals surface area (Å²) in [4.78, 5) is 37.4. The van der Waals surface area contributed by atoms with Gasteiger partial charge >= 0.3 is 11.9 Å². The molecule has 110 valence electrons. The van der Waals surface area contributed by atoms with Crippen molar-refractivity contribution < 1.29 is 19.4 Å². The number of H-pyrrole nitrogens is 1. The van der Waals surface area contributed by atoms with Gasteiger partial charge in [-0.1, -0.05) is 0 Å². The lowest BCUT2D eigenvalue weighted by molar-refractivity contribution is -0.143. The molecule has 0 radical (unpaired) electrons. The molecule has 0 fully saturated rings. The van der Waals surface area contributed by atoms with Gasteiger partial charge in [0.1, 0.15) is 6.54 Å². The van der Waals surface area contributed by atoms with Gasteiger partial charge in [-0.15, -0.1) is 0 Å². The van der Waals surface area contributed by atoms with Crippen molar-refractivity contribution in [1.82, 2.24) is 9.55 Å². The molecule has 0 spiro atoms. The smallest absolute Gasteiger partial charge is 0.335 e. The number of aromatic carboxylic acids is 1. The van der Waals surface area contributed by atoms with E-state index in [-0.39, 0.29) is 28.9 Å². The highest BCUT2D eigenvalue weighted by Crippen LogP contribution is 2.10. The molecule has 0 unspecified atom stereocenters. The molecule has 0 aliphatic heterocycles. The standard InChI is InChI=1S/C13H12N2O5S/c1-2-20-10(16)6-15-11(17)8-4-3-7(12(18)19)5-9(8)14-13(15)21/h3-5H,2,6H2,1H3,(H,14,21)(H,18,19). The maximum absolute atomic E-state index is 12.3. The van der Waals surface area contributed by atoms with Crippen molar-refractivity contribution >= 4 is 35.1 Å². The van der Waals surface area contributed by atoms with Gasteiger partial charge in [0.15, 0.2) is 4.77 Å². The van der Waals surface area contributed by atoms with Crippen LogP contribution in [-0.4, -0.2) is 33.2 Å². The van der Waals surface area contributed by atoms with Crippen LogP contribution < -0.4 is 5.56 Å². The Morgan fingerprint density at radius 2 is 2.14 bits per heavy atom. The molecule has 0 aliphatic carbocycles. The summed E-state index contributed by atoms with van der Waals surface area (Å²) < 4.78 is 5.89. The third-order valence-electron chi connectivity index (χ3n) is 2.82. The number of hydrogen-bond donors (Lipinski definition) is 2. The number of carboxylic acids is 1. The third-order valence-corrected chi connectivity index (χ3v) is 3.14. The van der Waals surface area contributed by atoms with Crippen molar-refractivity contribution in [3.8, 4) is 0 Å². The lowest BCUT2D eigenvalue weighted by atomic mass is 10.1. The van der Waals surface area contributed by atoms with Crippen LogP contribution in [0.2, 0.25) is 0 Å². The fourth-order valence-corrected chi connectivity index (χ4v) is 2.12. The highest BCUT2D eigenvalue weighted by molar-refractivity contribution is 7.71. The second-order valence-corrected chi connectivity index (χ2v) is 4.58. The molecular weight excluding hydrogens is 296 g/mol. The summed E-state index contributed by atoms with van der Waals surface area (Å²) in [6.45, 7) is 1.58. The Morgan fingerprint density at radius 3 is 2.76 bits per heavy atom. The molecule has 21 heavy (non-hydrogen) atoms. The van der Waals surface area contributed by atoms with E-state index in [4.69, 9.17) is 22.1 Å². The molecule has 0 atom stereocenters. The van der Waals surface area contributed by atoms with Gasteiger partial charge in [-0.25, -0.2) is 4.79 Å². The first-order valence-electron chi connectivity index (χ1n) is 6.10. The Bertz CT molecular complexity index is 837. The summed E-state index contributed by atoms with van der Waals surface area (Å²) in [6, 6.07) is 4.02. The number of hydrogen-bond acceptors (Lipinski definition) is 5. The third kappa shape index (κ3) is 3.00. The number of benzene rings is 1. The first-order chi connectivity index (χ1) is 9.93. The molecule has 0 aliphatic rings. The quantitative estimate of drug-likeness (QED) is 0.652. The zero-order valence-corrected chi connectivity index (χ0v) is 11.9. The number of aromatic nitrogens is 2. The largest absolute Gasteiger partial charge is 0.478 e. The summed E-state index contributed by atoms with van der Waals surface area (Å²) in [7, 11) is 0. The number of rotatable bonds is 4. The van der Waals surface area contributed by atoms with Crippen LogP contribution in [0.15, 0.2) is 23.0 Å². The lowest BCUT2D eigenvalue weighted by Crippen LogP contribution is -2.27. The van der Waals surface area contributed by atoms with Crippen LogP contribution in [0.3, 0.4) is 0 Å². The van der Waals surface area contributed by atoms with E-state index >= 15 is 0 Å². The summed E-state index contributed by atoms with van der Waals surface area (Å²) >= 11 is 5.03. The van der Waals surface area contributed by atoms with Crippen molar-refractivity contribution in [2.24, 2.45) is 0 Å². The van der Waals surface area contributed by atoms with E-state index in [0.717, 1.165) is 4.57 Å². The van der Waals surface area contributed by atoms with Crippen LogP contribution in [0.4, 0.5) is 0 Å². The first kappa shape index (κ1) is 14.9. The van der Waals surface area contributed by atoms with Gasteiger partial charge < -0.3 is 14.8 Å². The molecule has 2 N–H and O–H groups in total. The van der Waals surface area contributed by atoms with Crippen LogP contribution in [0.25, 0.3) is 10.9 Å². The average Bonchev–Trinajstić information content (AvgIpc) is 2.43. The number of carbonyl (C=O) groups is 2. The van der Waals surface area contributed by atoms with Crippen LogP contribution in [-0.2, 0) is 16.1 Å². The first-order valence-corrected chi connectivity index (χ1v) is 6.50. The maximum atomic E-state index is 12.3. The lowest BCUT2D eigenvalue weighted by Gasteiger charge is -2.08. The number of fused-ring (bicyclic) bond motifs is 1. The Hall–Kier alpha value is -2.48. The van der Waals surface area contributed by atoms with Crippen LogP contribution >= 0.6 is 12.2 Å². The minimum absolute atomic E-state index is 0.0306. The summed E-state index contributed by atoms with van der Waals surface area (Å²) in [5.74, 6) is -1.67. The molecule has 0 saturated heterocycles. The Kier molecular flexibility index (Phi) is 4.18. The minimum atomic E-state index is -1.10. The van der Waals surface area contributed by atoms with E-state index in [1.807, 2.05) is 0 Å². The van der Waals surface area contributed by atoms with E-state index in [1.54, 1.807) is 6.92 Å². The van der Waals surface area contributed by atoms with Gasteiger partial charge in [0, 0.05) is 0 Å². The maximum Gasteiger partial charge on any atom is 0.335 e. The SMILES string of the molecule is CCOC(=O)Cn1c(=S)[nH]c2cc(C(=O)O)ccc2c1=O. The van der Waals surface area contributed by atoms with E-state index in [9.17, 15) is 14.4 Å². The molecule has 0 saturated carbocycles. The molecule has 1 aromatic carbocycles. The topological polar surface area (TPSA) is 101 Å². The summed E-state index contributed by atoms with van der Waals surface area (Å²) in [6.07, 6.45) is 0. The zero-order chi connectivity index (χ0) is 15.6. The fraction of sp³-hybridized carbons (Fsp3) is 0.231. The fourth-order valence-electron chi connectivity index (χ4n) is 1.87. The van der Waals surface area contributed by atoms with Gasteiger partial charge in [0.05, 0.1) is 23.1 Å². The zero-order valence-electron chi connectivity index (χ0n) is 11.1. The van der Waals surface area contributed by atoms with Crippen molar-refractivity contribution in [3.63, 3.8) is 0 Å². The van der Waals surface area contributed by atoms with Crippen LogP contribution in [0.5, 0.6) is 0 Å². The minimum Gasteiger partial charge on any atom is -0.478 e. The number of esters is 1. The van der Waals surface area contributed by atoms with Gasteiger partial charge in [0.2, 0.25) is 0 Å². The molecule has 1 heterocycles. The monoisotopic (exact) mass is 308 g/mol. The number of nitrogens with one attached hydrogen (secondary N) is 1. The van der Waals surface area contributed by atoms with Gasteiger partial charge in [-0.2, -0.15) is 0 Å². The second kappa shape index (κ2) is 5.88. The summed E-state index contributed by atoms with van der Waals surface area (Å²) in [5.41, 5.74) is -0.126. The van der Waals surface area contributed by atoms with Gasteiger partial charge in [-0.3, -0.25) is 14.2 Å². The molecular formula is C13H12N2O5S. The predicted molar refractivity (Wildman–Crippen MR) is 77.0 cm³/mol. The number of aromatic amines is 1. The van der Waals surface area contributed by atoms with Gasteiger partial charge in [0.25, 0.3) is 5.56 Å². The Labute approximate surface area is 123 Å². The normalized spacial score (nSPS) is 10.5. The molecule has 2 aromatic rings.